The second kappa shape index (κ2) is 9.05. The number of rotatable bonds is 7. The number of hydrogen-bond donors (Lipinski definition) is 2. The van der Waals surface area contributed by atoms with Crippen molar-refractivity contribution in [1.29, 1.82) is 0 Å². The van der Waals surface area contributed by atoms with E-state index >= 15 is 0 Å². The third kappa shape index (κ3) is 5.33. The van der Waals surface area contributed by atoms with Crippen molar-refractivity contribution in [3.63, 3.8) is 0 Å². The van der Waals surface area contributed by atoms with Crippen LogP contribution in [0.5, 0.6) is 5.75 Å². The van der Waals surface area contributed by atoms with E-state index in [4.69, 9.17) is 17.4 Å². The third-order valence-electron chi connectivity index (χ3n) is 3.63. The molecule has 0 saturated carbocycles. The molecule has 2 aromatic heterocycles. The molecule has 1 amide bonds. The highest BCUT2D eigenvalue weighted by molar-refractivity contribution is 8.00. The summed E-state index contributed by atoms with van der Waals surface area (Å²) in [7, 11) is 0. The second-order valence-electron chi connectivity index (χ2n) is 5.69. The van der Waals surface area contributed by atoms with Crippen LogP contribution in [0.4, 0.5) is 14.6 Å². The van der Waals surface area contributed by atoms with Crippen molar-refractivity contribution in [2.75, 3.05) is 11.2 Å². The first kappa shape index (κ1) is 20.8. The van der Waals surface area contributed by atoms with Crippen LogP contribution >= 0.6 is 23.4 Å². The summed E-state index contributed by atoms with van der Waals surface area (Å²) in [5.74, 6) is 6.42. The van der Waals surface area contributed by atoms with Gasteiger partial charge in [0.05, 0.1) is 10.3 Å². The van der Waals surface area contributed by atoms with Crippen LogP contribution < -0.4 is 15.9 Å². The number of nitrogens with zero attached hydrogens (tertiary/aromatic N) is 4. The van der Waals surface area contributed by atoms with Crippen molar-refractivity contribution in [1.82, 2.24) is 19.9 Å². The van der Waals surface area contributed by atoms with Gasteiger partial charge in [0.1, 0.15) is 11.6 Å². The van der Waals surface area contributed by atoms with E-state index in [1.165, 1.54) is 35.1 Å². The number of carbonyl (C=O) groups excluding carboxylic acids is 1. The molecule has 3 N–H and O–H groups in total. The van der Waals surface area contributed by atoms with E-state index in [0.717, 1.165) is 11.8 Å². The molecule has 3 aromatic rings. The summed E-state index contributed by atoms with van der Waals surface area (Å²) in [6, 6.07) is 9.01. The van der Waals surface area contributed by atoms with Crippen molar-refractivity contribution in [2.45, 2.75) is 23.9 Å². The minimum absolute atomic E-state index is 0.0162. The van der Waals surface area contributed by atoms with Crippen LogP contribution in [0, 0.1) is 0 Å². The van der Waals surface area contributed by atoms with Gasteiger partial charge in [-0.15, -0.1) is 10.2 Å². The first-order valence-corrected chi connectivity index (χ1v) is 9.44. The van der Waals surface area contributed by atoms with E-state index < -0.39 is 11.9 Å². The number of nitrogen functional groups attached to an aromatic ring is 1. The molecule has 8 nitrogen and oxygen atoms in total. The van der Waals surface area contributed by atoms with Crippen molar-refractivity contribution in [3.8, 4) is 17.1 Å². The van der Waals surface area contributed by atoms with Crippen LogP contribution in [0.1, 0.15) is 6.92 Å². The molecule has 1 unspecified atom stereocenters. The molecule has 0 aliphatic carbocycles. The highest BCUT2D eigenvalue weighted by Crippen LogP contribution is 2.26. The van der Waals surface area contributed by atoms with Crippen LogP contribution in [0.2, 0.25) is 5.02 Å². The highest BCUT2D eigenvalue weighted by atomic mass is 35.5. The average molecular weight is 441 g/mol. The maximum Gasteiger partial charge on any atom is 0.387 e. The summed E-state index contributed by atoms with van der Waals surface area (Å²) < 4.78 is 30.0. The molecule has 0 radical (unpaired) electrons. The van der Waals surface area contributed by atoms with E-state index in [1.54, 1.807) is 19.1 Å². The topological polar surface area (TPSA) is 108 Å². The molecule has 0 aliphatic rings. The Morgan fingerprint density at radius 2 is 1.97 bits per heavy atom. The van der Waals surface area contributed by atoms with Crippen LogP contribution in [-0.4, -0.2) is 37.6 Å². The number of ether oxygens (including phenoxy) is 1. The summed E-state index contributed by atoms with van der Waals surface area (Å²) in [5, 5.41) is 10.9. The molecule has 0 fully saturated rings. The number of nitrogens with two attached hydrogens (primary N) is 1. The zero-order valence-corrected chi connectivity index (χ0v) is 16.5. The summed E-state index contributed by atoms with van der Waals surface area (Å²) >= 11 is 6.87. The zero-order valence-electron chi connectivity index (χ0n) is 14.9. The number of carbonyl (C=O) groups is 1. The molecule has 0 saturated heterocycles. The quantitative estimate of drug-likeness (QED) is 0.428. The van der Waals surface area contributed by atoms with Gasteiger partial charge in [-0.25, -0.2) is 9.66 Å². The lowest BCUT2D eigenvalue weighted by Gasteiger charge is -2.11. The highest BCUT2D eigenvalue weighted by Gasteiger charge is 2.20. The molecule has 3 rings (SSSR count). The number of thioether (sulfide) groups is 1. The van der Waals surface area contributed by atoms with E-state index in [0.29, 0.717) is 27.4 Å². The fourth-order valence-corrected chi connectivity index (χ4v) is 3.11. The van der Waals surface area contributed by atoms with Crippen LogP contribution in [-0.2, 0) is 4.79 Å². The summed E-state index contributed by atoms with van der Waals surface area (Å²) in [4.78, 5) is 16.3. The Bertz CT molecular complexity index is 985. The number of anilines is 1. The van der Waals surface area contributed by atoms with Gasteiger partial charge >= 0.3 is 6.61 Å². The van der Waals surface area contributed by atoms with Gasteiger partial charge in [-0.2, -0.15) is 8.78 Å². The summed E-state index contributed by atoms with van der Waals surface area (Å²) in [5.41, 5.74) is 0.552. The molecule has 1 aromatic carbocycles. The Morgan fingerprint density at radius 1 is 1.24 bits per heavy atom. The number of amides is 1. The summed E-state index contributed by atoms with van der Waals surface area (Å²) in [6.45, 7) is -1.22. The van der Waals surface area contributed by atoms with Gasteiger partial charge < -0.3 is 15.9 Å². The SMILES string of the molecule is CC(Sc1nnc(-c2ccc(OC(F)F)cc2)n1N)C(=O)Nc1ccc(Cl)cn1. The molecular weight excluding hydrogens is 426 g/mol. The predicted molar refractivity (Wildman–Crippen MR) is 105 cm³/mol. The minimum Gasteiger partial charge on any atom is -0.435 e. The van der Waals surface area contributed by atoms with Crippen LogP contribution in [0.25, 0.3) is 11.4 Å². The minimum atomic E-state index is -2.90. The lowest BCUT2D eigenvalue weighted by atomic mass is 10.2. The first-order chi connectivity index (χ1) is 13.8. The smallest absolute Gasteiger partial charge is 0.387 e. The number of benzene rings is 1. The Balaban J connectivity index is 1.67. The predicted octanol–water partition coefficient (Wildman–Crippen LogP) is 3.43. The van der Waals surface area contributed by atoms with Gasteiger partial charge in [-0.05, 0) is 43.3 Å². The Labute approximate surface area is 173 Å². The Hall–Kier alpha value is -2.92. The average Bonchev–Trinajstić information content (AvgIpc) is 3.04. The number of hydrogen-bond acceptors (Lipinski definition) is 7. The number of aromatic nitrogens is 4. The van der Waals surface area contributed by atoms with Crippen molar-refractivity contribution in [2.24, 2.45) is 0 Å². The number of nitrogens with one attached hydrogen (secondary N) is 1. The van der Waals surface area contributed by atoms with E-state index in [2.05, 4.69) is 25.2 Å². The fourth-order valence-electron chi connectivity index (χ4n) is 2.23. The molecule has 152 valence electrons. The maximum absolute atomic E-state index is 12.3. The largest absolute Gasteiger partial charge is 0.435 e. The van der Waals surface area contributed by atoms with E-state index in [1.807, 2.05) is 0 Å². The zero-order chi connectivity index (χ0) is 21.0. The van der Waals surface area contributed by atoms with Gasteiger partial charge in [0.15, 0.2) is 5.82 Å². The van der Waals surface area contributed by atoms with Gasteiger partial charge in [0.25, 0.3) is 0 Å². The van der Waals surface area contributed by atoms with Crippen molar-refractivity contribution < 1.29 is 18.3 Å². The molecule has 0 spiro atoms. The van der Waals surface area contributed by atoms with Gasteiger partial charge in [0.2, 0.25) is 11.1 Å². The van der Waals surface area contributed by atoms with Crippen LogP contribution in [0.3, 0.4) is 0 Å². The van der Waals surface area contributed by atoms with Crippen molar-refractivity contribution >= 4 is 35.1 Å². The monoisotopic (exact) mass is 440 g/mol. The number of halogens is 3. The first-order valence-electron chi connectivity index (χ1n) is 8.18. The summed E-state index contributed by atoms with van der Waals surface area (Å²) in [6.07, 6.45) is 1.43. The Morgan fingerprint density at radius 3 is 2.59 bits per heavy atom. The Kier molecular flexibility index (Phi) is 6.49. The maximum atomic E-state index is 12.3. The van der Waals surface area contributed by atoms with E-state index in [9.17, 15) is 13.6 Å². The number of alkyl halides is 2. The second-order valence-corrected chi connectivity index (χ2v) is 7.43. The third-order valence-corrected chi connectivity index (χ3v) is 4.91. The standard InChI is InChI=1S/C17H15ClF2N6O2S/c1-9(15(27)23-13-7-4-11(18)8-22-13)29-17-25-24-14(26(17)21)10-2-5-12(6-3-10)28-16(19)20/h2-9,16H,21H2,1H3,(H,22,23,27). The van der Waals surface area contributed by atoms with Gasteiger partial charge in [0, 0.05) is 11.8 Å². The molecule has 0 aliphatic heterocycles. The molecule has 12 heteroatoms. The van der Waals surface area contributed by atoms with E-state index in [-0.39, 0.29) is 11.7 Å². The lowest BCUT2D eigenvalue weighted by molar-refractivity contribution is -0.115. The van der Waals surface area contributed by atoms with Gasteiger partial charge in [-0.1, -0.05) is 23.4 Å². The van der Waals surface area contributed by atoms with Crippen LogP contribution in [0.15, 0.2) is 47.8 Å². The molecule has 0 bridgehead atoms. The van der Waals surface area contributed by atoms with Gasteiger partial charge in [-0.3, -0.25) is 4.79 Å². The molecule has 1 atom stereocenters. The number of pyridine rings is 1. The van der Waals surface area contributed by atoms with Crippen molar-refractivity contribution in [3.05, 3.63) is 47.6 Å². The molecule has 29 heavy (non-hydrogen) atoms. The lowest BCUT2D eigenvalue weighted by Crippen LogP contribution is -2.24. The normalized spacial score (nSPS) is 12.0. The fraction of sp³-hybridized carbons (Fsp3) is 0.176. The molecular formula is C17H15ClF2N6O2S. The molecule has 2 heterocycles.